The maximum Gasteiger partial charge on any atom is 0.278 e. The molecule has 2 atom stereocenters. The molecule has 0 saturated carbocycles. The number of hydrogen-bond donors (Lipinski definition) is 0. The SMILES string of the molecule is COc1cccc(C2=NO[C@H]3C(=O)N(c4cccc(C)c4C)C(=O)[C@@H]23)c1OC. The van der Waals surface area contributed by atoms with Crippen LogP contribution in [-0.2, 0) is 14.4 Å². The molecule has 2 aromatic rings. The number of imide groups is 1. The summed E-state index contributed by atoms with van der Waals surface area (Å²) in [6.07, 6.45) is -0.974. The summed E-state index contributed by atoms with van der Waals surface area (Å²) in [5.41, 5.74) is 3.39. The number of hydrogen-bond acceptors (Lipinski definition) is 6. The van der Waals surface area contributed by atoms with Crippen LogP contribution in [-0.4, -0.2) is 37.8 Å². The van der Waals surface area contributed by atoms with Gasteiger partial charge in [-0.1, -0.05) is 23.4 Å². The molecular weight excluding hydrogens is 360 g/mol. The van der Waals surface area contributed by atoms with Gasteiger partial charge in [-0.05, 0) is 43.2 Å². The van der Waals surface area contributed by atoms with Crippen LogP contribution in [0.5, 0.6) is 11.5 Å². The quantitative estimate of drug-likeness (QED) is 0.762. The number of anilines is 1. The fourth-order valence-electron chi connectivity index (χ4n) is 3.70. The molecule has 2 aliphatic heterocycles. The van der Waals surface area contributed by atoms with Gasteiger partial charge in [-0.15, -0.1) is 0 Å². The zero-order chi connectivity index (χ0) is 20.0. The molecule has 0 bridgehead atoms. The van der Waals surface area contributed by atoms with Gasteiger partial charge in [0.15, 0.2) is 11.5 Å². The number of oxime groups is 1. The molecule has 28 heavy (non-hydrogen) atoms. The van der Waals surface area contributed by atoms with Gasteiger partial charge >= 0.3 is 0 Å². The van der Waals surface area contributed by atoms with Crippen LogP contribution in [0.3, 0.4) is 0 Å². The smallest absolute Gasteiger partial charge is 0.278 e. The zero-order valence-corrected chi connectivity index (χ0v) is 16.1. The van der Waals surface area contributed by atoms with Gasteiger partial charge in [0.25, 0.3) is 5.91 Å². The number of ether oxygens (including phenoxy) is 2. The Morgan fingerprint density at radius 1 is 1.00 bits per heavy atom. The largest absolute Gasteiger partial charge is 0.493 e. The summed E-state index contributed by atoms with van der Waals surface area (Å²) in [6, 6.07) is 10.8. The van der Waals surface area contributed by atoms with Crippen LogP contribution in [0.4, 0.5) is 5.69 Å². The lowest BCUT2D eigenvalue weighted by Crippen LogP contribution is -2.33. The lowest BCUT2D eigenvalue weighted by atomic mass is 9.93. The summed E-state index contributed by atoms with van der Waals surface area (Å²) in [5, 5.41) is 4.06. The van der Waals surface area contributed by atoms with E-state index in [9.17, 15) is 9.59 Å². The van der Waals surface area contributed by atoms with E-state index in [1.807, 2.05) is 26.0 Å². The highest BCUT2D eigenvalue weighted by Gasteiger charge is 2.56. The van der Waals surface area contributed by atoms with Crippen molar-refractivity contribution in [3.05, 3.63) is 53.1 Å². The molecule has 7 heteroatoms. The Bertz CT molecular complexity index is 1010. The third kappa shape index (κ3) is 2.46. The molecule has 0 N–H and O–H groups in total. The molecule has 0 unspecified atom stereocenters. The summed E-state index contributed by atoms with van der Waals surface area (Å²) < 4.78 is 10.8. The van der Waals surface area contributed by atoms with Gasteiger partial charge < -0.3 is 14.3 Å². The minimum absolute atomic E-state index is 0.357. The number of fused-ring (bicyclic) bond motifs is 1. The standard InChI is InChI=1S/C21H20N2O5/c1-11-7-5-9-14(12(11)2)23-20(24)16-17(22-28-19(16)21(23)25)13-8-6-10-15(26-3)18(13)27-4/h5-10,16,19H,1-4H3/t16-,19+/m0/s1. The molecule has 144 valence electrons. The topological polar surface area (TPSA) is 77.4 Å². The molecule has 2 aliphatic rings. The lowest BCUT2D eigenvalue weighted by Gasteiger charge is -2.19. The second-order valence-corrected chi connectivity index (χ2v) is 6.75. The van der Waals surface area contributed by atoms with Gasteiger partial charge in [-0.25, -0.2) is 4.90 Å². The first kappa shape index (κ1) is 18.0. The lowest BCUT2D eigenvalue weighted by molar-refractivity contribution is -0.126. The number of rotatable bonds is 4. The van der Waals surface area contributed by atoms with Crippen molar-refractivity contribution in [2.24, 2.45) is 11.1 Å². The molecule has 0 spiro atoms. The van der Waals surface area contributed by atoms with E-state index < -0.39 is 17.9 Å². The van der Waals surface area contributed by atoms with Crippen molar-refractivity contribution in [2.75, 3.05) is 19.1 Å². The minimum atomic E-state index is -0.974. The fraction of sp³-hybridized carbons (Fsp3) is 0.286. The number of methoxy groups -OCH3 is 2. The first-order chi connectivity index (χ1) is 13.5. The van der Waals surface area contributed by atoms with Crippen LogP contribution in [0, 0.1) is 19.8 Å². The van der Waals surface area contributed by atoms with Crippen LogP contribution >= 0.6 is 0 Å². The summed E-state index contributed by atoms with van der Waals surface area (Å²) in [6.45, 7) is 3.83. The molecule has 0 aliphatic carbocycles. The number of benzene rings is 2. The second kappa shape index (κ2) is 6.67. The number of carbonyl (C=O) groups excluding carboxylic acids is 2. The van der Waals surface area contributed by atoms with Gasteiger partial charge in [-0.3, -0.25) is 9.59 Å². The van der Waals surface area contributed by atoms with E-state index in [1.165, 1.54) is 19.1 Å². The Hall–Kier alpha value is -3.35. The van der Waals surface area contributed by atoms with Crippen molar-refractivity contribution < 1.29 is 23.9 Å². The molecule has 1 fully saturated rings. The van der Waals surface area contributed by atoms with E-state index in [1.54, 1.807) is 24.3 Å². The maximum absolute atomic E-state index is 13.3. The zero-order valence-electron chi connectivity index (χ0n) is 16.1. The number of aryl methyl sites for hydroxylation is 1. The van der Waals surface area contributed by atoms with E-state index in [2.05, 4.69) is 5.16 Å². The molecule has 0 radical (unpaired) electrons. The van der Waals surface area contributed by atoms with Crippen molar-refractivity contribution in [3.63, 3.8) is 0 Å². The van der Waals surface area contributed by atoms with E-state index in [0.717, 1.165) is 11.1 Å². The van der Waals surface area contributed by atoms with Gasteiger partial charge in [0.1, 0.15) is 11.6 Å². The maximum atomic E-state index is 13.3. The predicted octanol–water partition coefficient (Wildman–Crippen LogP) is 2.61. The second-order valence-electron chi connectivity index (χ2n) is 6.75. The minimum Gasteiger partial charge on any atom is -0.493 e. The van der Waals surface area contributed by atoms with Gasteiger partial charge in [0, 0.05) is 5.56 Å². The molecule has 1 saturated heterocycles. The number of para-hydroxylation sites is 1. The average molecular weight is 380 g/mol. The van der Waals surface area contributed by atoms with Crippen LogP contribution in [0.25, 0.3) is 0 Å². The van der Waals surface area contributed by atoms with Crippen LogP contribution < -0.4 is 14.4 Å². The number of nitrogens with zero attached hydrogens (tertiary/aromatic N) is 2. The third-order valence-corrected chi connectivity index (χ3v) is 5.31. The molecule has 4 rings (SSSR count). The van der Waals surface area contributed by atoms with E-state index in [4.69, 9.17) is 14.3 Å². The van der Waals surface area contributed by atoms with Crippen molar-refractivity contribution in [2.45, 2.75) is 20.0 Å². The molecular formula is C21H20N2O5. The number of amides is 2. The predicted molar refractivity (Wildman–Crippen MR) is 103 cm³/mol. The van der Waals surface area contributed by atoms with Crippen LogP contribution in [0.2, 0.25) is 0 Å². The van der Waals surface area contributed by atoms with Gasteiger partial charge in [-0.2, -0.15) is 0 Å². The molecule has 2 amide bonds. The van der Waals surface area contributed by atoms with E-state index in [0.29, 0.717) is 28.5 Å². The van der Waals surface area contributed by atoms with Crippen molar-refractivity contribution in [3.8, 4) is 11.5 Å². The highest BCUT2D eigenvalue weighted by atomic mass is 16.7. The Morgan fingerprint density at radius 3 is 2.46 bits per heavy atom. The highest BCUT2D eigenvalue weighted by molar-refractivity contribution is 6.33. The van der Waals surface area contributed by atoms with Gasteiger partial charge in [0.05, 0.1) is 19.9 Å². The molecule has 2 heterocycles. The van der Waals surface area contributed by atoms with Crippen LogP contribution in [0.15, 0.2) is 41.6 Å². The molecule has 7 nitrogen and oxygen atoms in total. The Labute approximate surface area is 162 Å². The first-order valence-corrected chi connectivity index (χ1v) is 8.88. The first-order valence-electron chi connectivity index (χ1n) is 8.88. The highest BCUT2D eigenvalue weighted by Crippen LogP contribution is 2.40. The van der Waals surface area contributed by atoms with Crippen LogP contribution in [0.1, 0.15) is 16.7 Å². The van der Waals surface area contributed by atoms with E-state index in [-0.39, 0.29) is 5.91 Å². The average Bonchev–Trinajstić information content (AvgIpc) is 3.24. The number of carbonyl (C=O) groups is 2. The normalized spacial score (nSPS) is 20.7. The summed E-state index contributed by atoms with van der Waals surface area (Å²) in [4.78, 5) is 32.8. The summed E-state index contributed by atoms with van der Waals surface area (Å²) in [7, 11) is 3.04. The molecule has 2 aromatic carbocycles. The van der Waals surface area contributed by atoms with Crippen molar-refractivity contribution in [1.29, 1.82) is 0 Å². The van der Waals surface area contributed by atoms with E-state index >= 15 is 0 Å². The fourth-order valence-corrected chi connectivity index (χ4v) is 3.70. The Morgan fingerprint density at radius 2 is 1.75 bits per heavy atom. The molecule has 0 aromatic heterocycles. The summed E-state index contributed by atoms with van der Waals surface area (Å²) >= 11 is 0. The van der Waals surface area contributed by atoms with Gasteiger partial charge in [0.2, 0.25) is 12.0 Å². The Balaban J connectivity index is 1.77. The summed E-state index contributed by atoms with van der Waals surface area (Å²) in [5.74, 6) is -0.643. The Kier molecular flexibility index (Phi) is 4.30. The third-order valence-electron chi connectivity index (χ3n) is 5.31. The van der Waals surface area contributed by atoms with Crippen molar-refractivity contribution >= 4 is 23.2 Å². The van der Waals surface area contributed by atoms with Crippen molar-refractivity contribution in [1.82, 2.24) is 0 Å². The monoisotopic (exact) mass is 380 g/mol.